The van der Waals surface area contributed by atoms with E-state index in [9.17, 15) is 4.79 Å². The predicted molar refractivity (Wildman–Crippen MR) is 91.4 cm³/mol. The first-order valence-corrected chi connectivity index (χ1v) is 9.07. The molecule has 1 unspecified atom stereocenters. The van der Waals surface area contributed by atoms with Gasteiger partial charge in [-0.3, -0.25) is 4.79 Å². The van der Waals surface area contributed by atoms with Crippen molar-refractivity contribution in [2.75, 3.05) is 13.2 Å². The Kier molecular flexibility index (Phi) is 4.43. The second-order valence-corrected chi connectivity index (χ2v) is 7.19. The van der Waals surface area contributed by atoms with Crippen LogP contribution in [0.15, 0.2) is 18.6 Å². The normalized spacial score (nSPS) is 22.5. The van der Waals surface area contributed by atoms with E-state index in [0.717, 1.165) is 24.8 Å². The van der Waals surface area contributed by atoms with Gasteiger partial charge in [-0.25, -0.2) is 9.50 Å². The van der Waals surface area contributed by atoms with Gasteiger partial charge < -0.3 is 15.2 Å². The number of aliphatic hydroxyl groups is 1. The molecule has 7 nitrogen and oxygen atoms in total. The van der Waals surface area contributed by atoms with Crippen LogP contribution < -0.4 is 5.32 Å². The van der Waals surface area contributed by atoms with Gasteiger partial charge in [0.25, 0.3) is 5.91 Å². The summed E-state index contributed by atoms with van der Waals surface area (Å²) in [6.45, 7) is 0.643. The SMILES string of the molecule is O=C(NC1COC2(CCCCC2)C1)c1cnn2cc(CCO)cnc12. The standard InChI is InChI=1S/C18H24N4O3/c23-7-4-13-9-19-16-15(10-20-22(16)11-13)17(24)21-14-8-18(25-12-14)5-2-1-3-6-18/h9-11,14,23H,1-8,12H2,(H,21,24). The second-order valence-electron chi connectivity index (χ2n) is 7.19. The number of nitrogens with one attached hydrogen (secondary N) is 1. The van der Waals surface area contributed by atoms with Crippen LogP contribution in [0.1, 0.15) is 54.4 Å². The van der Waals surface area contributed by atoms with Crippen LogP contribution in [0, 0.1) is 0 Å². The highest BCUT2D eigenvalue weighted by molar-refractivity contribution is 5.99. The van der Waals surface area contributed by atoms with Crippen molar-refractivity contribution in [3.05, 3.63) is 29.7 Å². The van der Waals surface area contributed by atoms with Crippen LogP contribution in [0.2, 0.25) is 0 Å². The molecule has 1 amide bonds. The number of ether oxygens (including phenoxy) is 1. The van der Waals surface area contributed by atoms with Crippen molar-refractivity contribution in [2.45, 2.75) is 56.6 Å². The second kappa shape index (κ2) is 6.72. The summed E-state index contributed by atoms with van der Waals surface area (Å²) in [6.07, 6.45) is 12.4. The predicted octanol–water partition coefficient (Wildman–Crippen LogP) is 1.49. The van der Waals surface area contributed by atoms with Crippen LogP contribution in [0.3, 0.4) is 0 Å². The van der Waals surface area contributed by atoms with E-state index in [1.54, 1.807) is 23.1 Å². The highest BCUT2D eigenvalue weighted by Gasteiger charge is 2.41. The van der Waals surface area contributed by atoms with Crippen molar-refractivity contribution >= 4 is 11.6 Å². The van der Waals surface area contributed by atoms with Gasteiger partial charge >= 0.3 is 0 Å². The number of aromatic nitrogens is 3. The van der Waals surface area contributed by atoms with Crippen LogP contribution in [0.4, 0.5) is 0 Å². The Bertz CT molecular complexity index is 767. The minimum atomic E-state index is -0.154. The molecule has 1 aliphatic heterocycles. The molecule has 2 N–H and O–H groups in total. The molecule has 4 rings (SSSR count). The lowest BCUT2D eigenvalue weighted by atomic mass is 9.82. The largest absolute Gasteiger partial charge is 0.396 e. The van der Waals surface area contributed by atoms with Gasteiger partial charge in [-0.2, -0.15) is 5.10 Å². The molecular formula is C18H24N4O3. The van der Waals surface area contributed by atoms with Crippen molar-refractivity contribution < 1.29 is 14.6 Å². The Morgan fingerprint density at radius 3 is 3.00 bits per heavy atom. The minimum Gasteiger partial charge on any atom is -0.396 e. The third-order valence-corrected chi connectivity index (χ3v) is 5.36. The quantitative estimate of drug-likeness (QED) is 0.877. The molecule has 2 fully saturated rings. The number of amides is 1. The average Bonchev–Trinajstić information content (AvgIpc) is 3.20. The molecule has 3 heterocycles. The topological polar surface area (TPSA) is 88.8 Å². The van der Waals surface area contributed by atoms with Gasteiger partial charge in [-0.1, -0.05) is 19.3 Å². The third kappa shape index (κ3) is 3.26. The summed E-state index contributed by atoms with van der Waals surface area (Å²) < 4.78 is 7.66. The number of aliphatic hydroxyl groups excluding tert-OH is 1. The molecule has 1 saturated carbocycles. The highest BCUT2D eigenvalue weighted by Crippen LogP contribution is 2.39. The van der Waals surface area contributed by atoms with E-state index in [1.165, 1.54) is 19.3 Å². The number of carbonyl (C=O) groups excluding carboxylic acids is 1. The van der Waals surface area contributed by atoms with E-state index < -0.39 is 0 Å². The summed E-state index contributed by atoms with van der Waals surface area (Å²) in [5.74, 6) is -0.154. The maximum absolute atomic E-state index is 12.7. The third-order valence-electron chi connectivity index (χ3n) is 5.36. The number of nitrogens with zero attached hydrogens (tertiary/aromatic N) is 3. The van der Waals surface area contributed by atoms with Gasteiger partial charge in [0.05, 0.1) is 24.4 Å². The van der Waals surface area contributed by atoms with Gasteiger partial charge in [-0.15, -0.1) is 0 Å². The minimum absolute atomic E-state index is 0.0191. The molecule has 134 valence electrons. The van der Waals surface area contributed by atoms with Gasteiger partial charge in [0.15, 0.2) is 5.65 Å². The summed E-state index contributed by atoms with van der Waals surface area (Å²) in [5, 5.41) is 16.3. The molecule has 1 saturated heterocycles. The van der Waals surface area contributed by atoms with Crippen LogP contribution in [-0.4, -0.2) is 50.5 Å². The Labute approximate surface area is 146 Å². The molecule has 0 bridgehead atoms. The van der Waals surface area contributed by atoms with E-state index >= 15 is 0 Å². The zero-order chi connectivity index (χ0) is 17.3. The molecule has 1 spiro atoms. The molecular weight excluding hydrogens is 320 g/mol. The summed E-state index contributed by atoms with van der Waals surface area (Å²) in [7, 11) is 0. The summed E-state index contributed by atoms with van der Waals surface area (Å²) in [4.78, 5) is 17.0. The van der Waals surface area contributed by atoms with Crippen molar-refractivity contribution in [3.8, 4) is 0 Å². The van der Waals surface area contributed by atoms with Gasteiger partial charge in [-0.05, 0) is 31.2 Å². The van der Waals surface area contributed by atoms with E-state index in [-0.39, 0.29) is 24.2 Å². The molecule has 2 aromatic heterocycles. The Balaban J connectivity index is 1.45. The molecule has 2 aliphatic rings. The maximum Gasteiger partial charge on any atom is 0.257 e. The monoisotopic (exact) mass is 344 g/mol. The molecule has 2 aromatic rings. The van der Waals surface area contributed by atoms with Crippen molar-refractivity contribution in [2.24, 2.45) is 0 Å². The molecule has 0 radical (unpaired) electrons. The number of hydrogen-bond donors (Lipinski definition) is 2. The van der Waals surface area contributed by atoms with E-state index in [2.05, 4.69) is 15.4 Å². The molecule has 25 heavy (non-hydrogen) atoms. The fourth-order valence-corrected chi connectivity index (χ4v) is 4.08. The summed E-state index contributed by atoms with van der Waals surface area (Å²) >= 11 is 0. The van der Waals surface area contributed by atoms with Gasteiger partial charge in [0.1, 0.15) is 5.56 Å². The first-order valence-electron chi connectivity index (χ1n) is 9.07. The summed E-state index contributed by atoms with van der Waals surface area (Å²) in [5.41, 5.74) is 1.87. The molecule has 1 atom stereocenters. The van der Waals surface area contributed by atoms with E-state index in [4.69, 9.17) is 9.84 Å². The van der Waals surface area contributed by atoms with Crippen molar-refractivity contribution in [3.63, 3.8) is 0 Å². The fraction of sp³-hybridized carbons (Fsp3) is 0.611. The van der Waals surface area contributed by atoms with Gasteiger partial charge in [0.2, 0.25) is 0 Å². The Hall–Kier alpha value is -1.99. The van der Waals surface area contributed by atoms with Crippen molar-refractivity contribution in [1.29, 1.82) is 0 Å². The first kappa shape index (κ1) is 16.5. The lowest BCUT2D eigenvalue weighted by molar-refractivity contribution is -0.0246. The average molecular weight is 344 g/mol. The van der Waals surface area contributed by atoms with Crippen LogP contribution in [-0.2, 0) is 11.2 Å². The lowest BCUT2D eigenvalue weighted by Gasteiger charge is -2.32. The lowest BCUT2D eigenvalue weighted by Crippen LogP contribution is -2.37. The number of fused-ring (bicyclic) bond motifs is 1. The van der Waals surface area contributed by atoms with Crippen LogP contribution in [0.25, 0.3) is 5.65 Å². The molecule has 0 aromatic carbocycles. The first-order chi connectivity index (χ1) is 12.2. The molecule has 1 aliphatic carbocycles. The zero-order valence-electron chi connectivity index (χ0n) is 14.3. The van der Waals surface area contributed by atoms with E-state index in [0.29, 0.717) is 24.2 Å². The van der Waals surface area contributed by atoms with Crippen LogP contribution >= 0.6 is 0 Å². The number of hydrogen-bond acceptors (Lipinski definition) is 5. The van der Waals surface area contributed by atoms with Crippen molar-refractivity contribution in [1.82, 2.24) is 19.9 Å². The maximum atomic E-state index is 12.7. The highest BCUT2D eigenvalue weighted by atomic mass is 16.5. The number of carbonyl (C=O) groups is 1. The Morgan fingerprint density at radius 2 is 2.20 bits per heavy atom. The van der Waals surface area contributed by atoms with E-state index in [1.807, 2.05) is 0 Å². The zero-order valence-corrected chi connectivity index (χ0v) is 14.3. The smallest absolute Gasteiger partial charge is 0.257 e. The Morgan fingerprint density at radius 1 is 1.36 bits per heavy atom. The van der Waals surface area contributed by atoms with Gasteiger partial charge in [0, 0.05) is 19.0 Å². The summed E-state index contributed by atoms with van der Waals surface area (Å²) in [6, 6.07) is 0.0502. The number of rotatable bonds is 4. The molecule has 7 heteroatoms. The van der Waals surface area contributed by atoms with Crippen LogP contribution in [0.5, 0.6) is 0 Å². The fourth-order valence-electron chi connectivity index (χ4n) is 4.08.